The average molecular weight is 471 g/mol. The van der Waals surface area contributed by atoms with Crippen molar-refractivity contribution in [3.63, 3.8) is 0 Å². The monoisotopic (exact) mass is 471 g/mol. The number of hydrogen-bond donors (Lipinski definition) is 0. The van der Waals surface area contributed by atoms with E-state index in [1.807, 2.05) is 0 Å². The quantitative estimate of drug-likeness (QED) is 0.466. The van der Waals surface area contributed by atoms with E-state index in [1.165, 1.54) is 0 Å². The van der Waals surface area contributed by atoms with E-state index in [1.54, 1.807) is 0 Å². The minimum Gasteiger partial charge on any atom is 0 e. The Morgan fingerprint density at radius 2 is 0.125 bits per heavy atom. The maximum atomic E-state index is 0. The van der Waals surface area contributed by atoms with Crippen molar-refractivity contribution < 1.29 is 134 Å². The van der Waals surface area contributed by atoms with Crippen LogP contribution in [0.5, 0.6) is 0 Å². The zero-order valence-corrected chi connectivity index (χ0v) is 11.0. The molecule has 0 nitrogen and oxygen atoms in total. The molecule has 0 N–H and O–H groups in total. The summed E-state index contributed by atoms with van der Waals surface area (Å²) >= 11 is 0. The Kier molecular flexibility index (Phi) is 762. The van der Waals surface area contributed by atoms with Gasteiger partial charge in [0.2, 0.25) is 0 Å². The van der Waals surface area contributed by atoms with Crippen LogP contribution in [0, 0.1) is 0 Å². The number of hydrogen-bond acceptors (Lipinski definition) is 0. The topological polar surface area (TPSA) is 0 Å². The van der Waals surface area contributed by atoms with E-state index >= 15 is 0 Å². The Morgan fingerprint density at radius 1 is 0.125 bits per heavy atom. The van der Waals surface area contributed by atoms with E-state index in [-0.39, 0.29) is 134 Å². The fraction of sp³-hybridized carbons (Fsp3) is 0. The standard InChI is InChI=1S/8Co. The van der Waals surface area contributed by atoms with Crippen LogP contribution in [0.25, 0.3) is 0 Å². The van der Waals surface area contributed by atoms with Crippen LogP contribution in [0.3, 0.4) is 0 Å². The molecular formula is Co8. The van der Waals surface area contributed by atoms with Crippen molar-refractivity contribution >= 4 is 0 Å². The minimum atomic E-state index is 0. The molecule has 0 aliphatic carbocycles. The van der Waals surface area contributed by atoms with Crippen LogP contribution in [0.4, 0.5) is 0 Å². The maximum Gasteiger partial charge on any atom is 0 e. The molecule has 0 spiro atoms. The zero-order valence-electron chi connectivity index (χ0n) is 2.67. The Labute approximate surface area is 132 Å². The molecule has 0 aromatic heterocycles. The molecule has 0 amide bonds. The predicted octanol–water partition coefficient (Wildman–Crippen LogP) is -0.0200. The van der Waals surface area contributed by atoms with Gasteiger partial charge in [0.15, 0.2) is 0 Å². The molecule has 8 heteroatoms. The summed E-state index contributed by atoms with van der Waals surface area (Å²) in [4.78, 5) is 0. The summed E-state index contributed by atoms with van der Waals surface area (Å²) in [6.07, 6.45) is 0. The van der Waals surface area contributed by atoms with E-state index in [9.17, 15) is 0 Å². The first-order chi connectivity index (χ1) is 0. The third kappa shape index (κ3) is 50.2. The molecule has 0 unspecified atom stereocenters. The first-order valence-electron chi connectivity index (χ1n) is 0. The van der Waals surface area contributed by atoms with Crippen molar-refractivity contribution in [3.05, 3.63) is 0 Å². The second-order valence-corrected chi connectivity index (χ2v) is 0. The van der Waals surface area contributed by atoms with Crippen molar-refractivity contribution in [2.24, 2.45) is 0 Å². The smallest absolute Gasteiger partial charge is 0 e. The van der Waals surface area contributed by atoms with Gasteiger partial charge in [0.1, 0.15) is 0 Å². The Bertz CT molecular complexity index is 0. The van der Waals surface area contributed by atoms with Gasteiger partial charge in [-0.15, -0.1) is 0 Å². The fourth-order valence-electron chi connectivity index (χ4n) is 0. The largest absolute Gasteiger partial charge is 0 e. The van der Waals surface area contributed by atoms with Gasteiger partial charge in [0, 0.05) is 134 Å². The maximum absolute atomic E-state index is 0. The average Bonchev–Trinajstić information content (AvgIpc) is 0. The van der Waals surface area contributed by atoms with Gasteiger partial charge < -0.3 is 0 Å². The van der Waals surface area contributed by atoms with E-state index in [0.717, 1.165) is 0 Å². The summed E-state index contributed by atoms with van der Waals surface area (Å²) in [5, 5.41) is 0. The molecule has 0 fully saturated rings. The molecule has 0 aliphatic rings. The van der Waals surface area contributed by atoms with Crippen LogP contribution in [0.15, 0.2) is 0 Å². The van der Waals surface area contributed by atoms with Gasteiger partial charge in [-0.3, -0.25) is 0 Å². The molecule has 72 valence electrons. The molecule has 0 saturated carbocycles. The van der Waals surface area contributed by atoms with E-state index in [2.05, 4.69) is 0 Å². The summed E-state index contributed by atoms with van der Waals surface area (Å²) < 4.78 is 0. The Morgan fingerprint density at radius 3 is 0.125 bits per heavy atom. The molecule has 8 radical (unpaired) electrons. The van der Waals surface area contributed by atoms with Gasteiger partial charge in [-0.25, -0.2) is 0 Å². The van der Waals surface area contributed by atoms with E-state index in [0.29, 0.717) is 0 Å². The van der Waals surface area contributed by atoms with Crippen LogP contribution in [-0.4, -0.2) is 0 Å². The minimum absolute atomic E-state index is 0. The molecule has 0 aliphatic heterocycles. The molecule has 0 saturated heterocycles. The molecule has 0 aromatic carbocycles. The van der Waals surface area contributed by atoms with Crippen LogP contribution >= 0.6 is 0 Å². The molecule has 0 rings (SSSR count). The SMILES string of the molecule is [Co].[Co].[Co].[Co].[Co].[Co].[Co].[Co]. The van der Waals surface area contributed by atoms with E-state index in [4.69, 9.17) is 0 Å². The normalized spacial score (nSPS) is 0. The molecule has 0 heterocycles. The fourth-order valence-corrected chi connectivity index (χ4v) is 0. The second-order valence-electron chi connectivity index (χ2n) is 0. The summed E-state index contributed by atoms with van der Waals surface area (Å²) in [6.45, 7) is 0. The summed E-state index contributed by atoms with van der Waals surface area (Å²) in [5.74, 6) is 0. The van der Waals surface area contributed by atoms with Gasteiger partial charge in [-0.1, -0.05) is 0 Å². The molecule has 8 heavy (non-hydrogen) atoms. The van der Waals surface area contributed by atoms with Crippen LogP contribution in [0.2, 0.25) is 0 Å². The first kappa shape index (κ1) is 89.7. The molecule has 0 aromatic rings. The zero-order chi connectivity index (χ0) is 0. The van der Waals surface area contributed by atoms with E-state index < -0.39 is 0 Å². The van der Waals surface area contributed by atoms with Crippen molar-refractivity contribution in [1.29, 1.82) is 0 Å². The van der Waals surface area contributed by atoms with Crippen molar-refractivity contribution in [2.75, 3.05) is 0 Å². The second kappa shape index (κ2) is 68.0. The molecule has 0 atom stereocenters. The summed E-state index contributed by atoms with van der Waals surface area (Å²) in [7, 11) is 0. The van der Waals surface area contributed by atoms with Gasteiger partial charge in [0.25, 0.3) is 0 Å². The third-order valence-electron chi connectivity index (χ3n) is 0. The van der Waals surface area contributed by atoms with Crippen LogP contribution in [0.1, 0.15) is 0 Å². The Balaban J connectivity index is 0. The predicted molar refractivity (Wildman–Crippen MR) is 0 cm³/mol. The third-order valence-corrected chi connectivity index (χ3v) is 0. The summed E-state index contributed by atoms with van der Waals surface area (Å²) in [6, 6.07) is 0. The van der Waals surface area contributed by atoms with Gasteiger partial charge in [0.05, 0.1) is 0 Å². The van der Waals surface area contributed by atoms with Crippen LogP contribution in [-0.2, 0) is 134 Å². The summed E-state index contributed by atoms with van der Waals surface area (Å²) in [5.41, 5.74) is 0. The number of rotatable bonds is 0. The van der Waals surface area contributed by atoms with Crippen LogP contribution < -0.4 is 0 Å². The van der Waals surface area contributed by atoms with Crippen molar-refractivity contribution in [3.8, 4) is 0 Å². The van der Waals surface area contributed by atoms with Crippen molar-refractivity contribution in [2.45, 2.75) is 0 Å². The molecule has 0 bridgehead atoms. The first-order valence-corrected chi connectivity index (χ1v) is 0. The van der Waals surface area contributed by atoms with Crippen molar-refractivity contribution in [1.82, 2.24) is 0 Å². The molecular weight excluding hydrogens is 471 g/mol. The van der Waals surface area contributed by atoms with Gasteiger partial charge in [-0.2, -0.15) is 0 Å². The van der Waals surface area contributed by atoms with Gasteiger partial charge >= 0.3 is 0 Å². The Hall–Kier alpha value is 4.05. The van der Waals surface area contributed by atoms with Gasteiger partial charge in [-0.05, 0) is 0 Å².